The number of aryl methyl sites for hydroxylation is 1. The maximum absolute atomic E-state index is 9.74. The van der Waals surface area contributed by atoms with Crippen LogP contribution in [0.15, 0.2) is 4.47 Å². The van der Waals surface area contributed by atoms with Gasteiger partial charge in [0.25, 0.3) is 0 Å². The molecule has 2 atom stereocenters. The third-order valence-corrected chi connectivity index (χ3v) is 5.37. The van der Waals surface area contributed by atoms with Gasteiger partial charge in [-0.25, -0.2) is 0 Å². The van der Waals surface area contributed by atoms with Crippen LogP contribution in [0.25, 0.3) is 0 Å². The first-order chi connectivity index (χ1) is 9.03. The first-order valence-corrected chi connectivity index (χ1v) is 7.89. The second-order valence-corrected chi connectivity index (χ2v) is 6.48. The van der Waals surface area contributed by atoms with Crippen LogP contribution in [0.3, 0.4) is 0 Å². The number of nitrogens with one attached hydrogen (secondary N) is 1. The lowest BCUT2D eigenvalue weighted by atomic mass is 9.98. The van der Waals surface area contributed by atoms with E-state index in [9.17, 15) is 5.11 Å². The molecule has 1 heterocycles. The van der Waals surface area contributed by atoms with E-state index in [4.69, 9.17) is 0 Å². The molecule has 0 aliphatic heterocycles. The fourth-order valence-electron chi connectivity index (χ4n) is 3.06. The van der Waals surface area contributed by atoms with Gasteiger partial charge in [-0.3, -0.25) is 4.68 Å². The van der Waals surface area contributed by atoms with Gasteiger partial charge >= 0.3 is 0 Å². The van der Waals surface area contributed by atoms with Crippen LogP contribution < -0.4 is 5.32 Å². The zero-order valence-corrected chi connectivity index (χ0v) is 13.6. The fourth-order valence-corrected chi connectivity index (χ4v) is 3.32. The molecular weight excluding hydrogens is 306 g/mol. The lowest BCUT2D eigenvalue weighted by Gasteiger charge is -2.28. The molecule has 1 aromatic heterocycles. The molecule has 1 saturated carbocycles. The maximum atomic E-state index is 9.74. The Labute approximate surface area is 123 Å². The Balaban J connectivity index is 2.14. The van der Waals surface area contributed by atoms with Crippen molar-refractivity contribution >= 4 is 15.9 Å². The lowest BCUT2D eigenvalue weighted by Crippen LogP contribution is -2.46. The number of halogens is 1. The molecule has 2 unspecified atom stereocenters. The third-order valence-electron chi connectivity index (χ3n) is 4.22. The average molecular weight is 330 g/mol. The monoisotopic (exact) mass is 329 g/mol. The molecule has 108 valence electrons. The Kier molecular flexibility index (Phi) is 4.69. The van der Waals surface area contributed by atoms with Crippen LogP contribution in [0.2, 0.25) is 0 Å². The van der Waals surface area contributed by atoms with Crippen molar-refractivity contribution in [2.75, 3.05) is 13.2 Å². The molecular formula is C14H24BrN3O. The van der Waals surface area contributed by atoms with E-state index in [-0.39, 0.29) is 12.1 Å². The molecule has 19 heavy (non-hydrogen) atoms. The SMILES string of the molecule is CCCNC1(CO)CCC(n2nc(C)c(Br)c2C)C1. The van der Waals surface area contributed by atoms with Crippen molar-refractivity contribution in [1.82, 2.24) is 15.1 Å². The zero-order valence-electron chi connectivity index (χ0n) is 12.0. The highest BCUT2D eigenvalue weighted by molar-refractivity contribution is 9.10. The summed E-state index contributed by atoms with van der Waals surface area (Å²) in [6, 6.07) is 0.390. The molecule has 0 saturated heterocycles. The molecule has 0 aromatic carbocycles. The van der Waals surface area contributed by atoms with E-state index in [2.05, 4.69) is 44.9 Å². The van der Waals surface area contributed by atoms with E-state index in [1.54, 1.807) is 0 Å². The minimum atomic E-state index is -0.112. The van der Waals surface area contributed by atoms with Crippen LogP contribution in [0.5, 0.6) is 0 Å². The van der Waals surface area contributed by atoms with E-state index in [0.29, 0.717) is 6.04 Å². The largest absolute Gasteiger partial charge is 0.394 e. The van der Waals surface area contributed by atoms with Gasteiger partial charge in [0.2, 0.25) is 0 Å². The third kappa shape index (κ3) is 2.88. The number of rotatable bonds is 5. The van der Waals surface area contributed by atoms with Crippen molar-refractivity contribution in [2.45, 2.75) is 58.0 Å². The summed E-state index contributed by atoms with van der Waals surface area (Å²) in [6.45, 7) is 7.46. The summed E-state index contributed by atoms with van der Waals surface area (Å²) < 4.78 is 3.24. The molecule has 2 N–H and O–H groups in total. The van der Waals surface area contributed by atoms with Gasteiger partial charge in [0.15, 0.2) is 0 Å². The van der Waals surface area contributed by atoms with Crippen LogP contribution in [0.1, 0.15) is 50.0 Å². The molecule has 1 fully saturated rings. The minimum absolute atomic E-state index is 0.112. The smallest absolute Gasteiger partial charge is 0.0738 e. The number of nitrogens with zero attached hydrogens (tertiary/aromatic N) is 2. The number of aliphatic hydroxyl groups is 1. The maximum Gasteiger partial charge on any atom is 0.0738 e. The highest BCUT2D eigenvalue weighted by Crippen LogP contribution is 2.39. The Bertz CT molecular complexity index is 446. The van der Waals surface area contributed by atoms with Gasteiger partial charge in [-0.1, -0.05) is 6.92 Å². The highest BCUT2D eigenvalue weighted by Gasteiger charge is 2.39. The molecule has 1 aromatic rings. The molecule has 4 nitrogen and oxygen atoms in total. The van der Waals surface area contributed by atoms with Crippen LogP contribution in [-0.4, -0.2) is 33.6 Å². The predicted molar refractivity (Wildman–Crippen MR) is 80.4 cm³/mol. The van der Waals surface area contributed by atoms with Gasteiger partial charge < -0.3 is 10.4 Å². The zero-order chi connectivity index (χ0) is 14.0. The van der Waals surface area contributed by atoms with E-state index in [1.165, 1.54) is 5.69 Å². The molecule has 1 aliphatic carbocycles. The van der Waals surface area contributed by atoms with Crippen molar-refractivity contribution in [3.8, 4) is 0 Å². The topological polar surface area (TPSA) is 50.1 Å². The number of hydrogen-bond acceptors (Lipinski definition) is 3. The summed E-state index contributed by atoms with van der Waals surface area (Å²) in [4.78, 5) is 0. The van der Waals surface area contributed by atoms with Crippen LogP contribution in [0.4, 0.5) is 0 Å². The van der Waals surface area contributed by atoms with Crippen molar-refractivity contribution < 1.29 is 5.11 Å². The Morgan fingerprint density at radius 1 is 1.53 bits per heavy atom. The van der Waals surface area contributed by atoms with Gasteiger partial charge in [-0.15, -0.1) is 0 Å². The molecule has 2 rings (SSSR count). The molecule has 0 bridgehead atoms. The quantitative estimate of drug-likeness (QED) is 0.873. The minimum Gasteiger partial charge on any atom is -0.394 e. The molecule has 0 spiro atoms. The van der Waals surface area contributed by atoms with Gasteiger partial charge in [-0.2, -0.15) is 5.10 Å². The van der Waals surface area contributed by atoms with Crippen LogP contribution >= 0.6 is 15.9 Å². The second-order valence-electron chi connectivity index (χ2n) is 5.69. The van der Waals surface area contributed by atoms with E-state index in [0.717, 1.165) is 42.4 Å². The van der Waals surface area contributed by atoms with Gasteiger partial charge in [-0.05, 0) is 62.0 Å². The van der Waals surface area contributed by atoms with E-state index >= 15 is 0 Å². The Morgan fingerprint density at radius 2 is 2.26 bits per heavy atom. The molecule has 0 radical (unpaired) electrons. The summed E-state index contributed by atoms with van der Waals surface area (Å²) in [5, 5.41) is 17.9. The second kappa shape index (κ2) is 5.94. The van der Waals surface area contributed by atoms with Crippen LogP contribution in [-0.2, 0) is 0 Å². The standard InChI is InChI=1S/C14H24BrN3O/c1-4-7-16-14(9-19)6-5-12(8-14)18-11(3)13(15)10(2)17-18/h12,16,19H,4-9H2,1-3H3. The van der Waals surface area contributed by atoms with Crippen LogP contribution in [0, 0.1) is 13.8 Å². The summed E-state index contributed by atoms with van der Waals surface area (Å²) >= 11 is 3.59. The summed E-state index contributed by atoms with van der Waals surface area (Å²) in [7, 11) is 0. The summed E-state index contributed by atoms with van der Waals surface area (Å²) in [6.07, 6.45) is 4.14. The predicted octanol–water partition coefficient (Wildman–Crippen LogP) is 2.72. The Hall–Kier alpha value is -0.390. The van der Waals surface area contributed by atoms with E-state index in [1.807, 2.05) is 6.92 Å². The summed E-state index contributed by atoms with van der Waals surface area (Å²) in [5.41, 5.74) is 2.12. The number of hydrogen-bond donors (Lipinski definition) is 2. The van der Waals surface area contributed by atoms with Crippen molar-refractivity contribution in [3.63, 3.8) is 0 Å². The van der Waals surface area contributed by atoms with Crippen molar-refractivity contribution in [3.05, 3.63) is 15.9 Å². The molecule has 1 aliphatic rings. The van der Waals surface area contributed by atoms with Crippen molar-refractivity contribution in [1.29, 1.82) is 0 Å². The van der Waals surface area contributed by atoms with Gasteiger partial charge in [0, 0.05) is 5.54 Å². The van der Waals surface area contributed by atoms with Crippen molar-refractivity contribution in [2.24, 2.45) is 0 Å². The van der Waals surface area contributed by atoms with Gasteiger partial charge in [0.05, 0.1) is 28.5 Å². The highest BCUT2D eigenvalue weighted by atomic mass is 79.9. The first kappa shape index (κ1) is 15.0. The van der Waals surface area contributed by atoms with Gasteiger partial charge in [0.1, 0.15) is 0 Å². The first-order valence-electron chi connectivity index (χ1n) is 7.10. The van der Waals surface area contributed by atoms with E-state index < -0.39 is 0 Å². The Morgan fingerprint density at radius 3 is 2.79 bits per heavy atom. The lowest BCUT2D eigenvalue weighted by molar-refractivity contribution is 0.160. The fraction of sp³-hybridized carbons (Fsp3) is 0.786. The number of aliphatic hydroxyl groups excluding tert-OH is 1. The summed E-state index contributed by atoms with van der Waals surface area (Å²) in [5.74, 6) is 0. The molecule has 0 amide bonds. The molecule has 5 heteroatoms. The number of aromatic nitrogens is 2. The average Bonchev–Trinajstić information content (AvgIpc) is 2.95. The normalized spacial score (nSPS) is 27.1.